The summed E-state index contributed by atoms with van der Waals surface area (Å²) in [6.07, 6.45) is 1.64. The SMILES string of the molecule is C=CC([C](=[W])OC)=C1SC(C(=O)OC)=C(C(=O)OC)S1. The van der Waals surface area contributed by atoms with Gasteiger partial charge in [-0.2, -0.15) is 0 Å². The van der Waals surface area contributed by atoms with E-state index < -0.39 is 11.9 Å². The first kappa shape index (κ1) is 17.4. The van der Waals surface area contributed by atoms with Gasteiger partial charge in [0.05, 0.1) is 0 Å². The zero-order chi connectivity index (χ0) is 15.3. The summed E-state index contributed by atoms with van der Waals surface area (Å²) >= 11 is 3.44. The zero-order valence-electron chi connectivity index (χ0n) is 11.1. The molecule has 0 aromatic carbocycles. The molecule has 5 nitrogen and oxygen atoms in total. The van der Waals surface area contributed by atoms with Crippen molar-refractivity contribution in [2.24, 2.45) is 0 Å². The van der Waals surface area contributed by atoms with Crippen LogP contribution < -0.4 is 0 Å². The predicted molar refractivity (Wildman–Crippen MR) is 75.5 cm³/mol. The molecule has 1 rings (SSSR count). The van der Waals surface area contributed by atoms with Crippen LogP contribution in [-0.2, 0) is 43.2 Å². The minimum atomic E-state index is -0.566. The Bertz CT molecular complexity index is 506. The summed E-state index contributed by atoms with van der Waals surface area (Å²) in [7, 11) is 4.09. The molecule has 8 heteroatoms. The average Bonchev–Trinajstić information content (AvgIpc) is 2.90. The molecule has 0 atom stereocenters. The van der Waals surface area contributed by atoms with E-state index in [1.807, 2.05) is 0 Å². The van der Waals surface area contributed by atoms with Crippen molar-refractivity contribution < 1.29 is 43.2 Å². The summed E-state index contributed by atoms with van der Waals surface area (Å²) in [5, 5.41) is 0. The molecule has 0 aliphatic carbocycles. The molecule has 20 heavy (non-hydrogen) atoms. The summed E-state index contributed by atoms with van der Waals surface area (Å²) < 4.78 is 16.1. The Morgan fingerprint density at radius 3 is 1.80 bits per heavy atom. The van der Waals surface area contributed by atoms with E-state index in [0.29, 0.717) is 0 Å². The van der Waals surface area contributed by atoms with Crippen molar-refractivity contribution in [3.8, 4) is 0 Å². The van der Waals surface area contributed by atoms with Crippen molar-refractivity contribution in [2.45, 2.75) is 0 Å². The van der Waals surface area contributed by atoms with E-state index in [1.54, 1.807) is 13.2 Å². The van der Waals surface area contributed by atoms with E-state index in [1.165, 1.54) is 14.2 Å². The van der Waals surface area contributed by atoms with Crippen molar-refractivity contribution >= 4 is 39.5 Å². The van der Waals surface area contributed by atoms with Crippen LogP contribution in [0.4, 0.5) is 0 Å². The van der Waals surface area contributed by atoms with Gasteiger partial charge in [0.1, 0.15) is 0 Å². The second-order valence-corrected chi connectivity index (χ2v) is 6.87. The molecule has 108 valence electrons. The van der Waals surface area contributed by atoms with Crippen LogP contribution in [0.2, 0.25) is 0 Å². The summed E-state index contributed by atoms with van der Waals surface area (Å²) in [5.74, 6) is -1.13. The zero-order valence-corrected chi connectivity index (χ0v) is 15.6. The van der Waals surface area contributed by atoms with Gasteiger partial charge < -0.3 is 0 Å². The molecule has 0 amide bonds. The molecule has 0 radical (unpaired) electrons. The molecule has 0 saturated heterocycles. The number of carbonyl (C=O) groups is 2. The van der Waals surface area contributed by atoms with Gasteiger partial charge in [0.15, 0.2) is 0 Å². The number of thioether (sulfide) groups is 2. The van der Waals surface area contributed by atoms with Crippen LogP contribution in [0.25, 0.3) is 0 Å². The summed E-state index contributed by atoms with van der Waals surface area (Å²) in [4.78, 5) is 23.9. The van der Waals surface area contributed by atoms with E-state index in [2.05, 4.69) is 16.1 Å². The second kappa shape index (κ2) is 7.98. The first-order chi connectivity index (χ1) is 9.49. The Balaban J connectivity index is 3.23. The Hall–Kier alpha value is -0.622. The van der Waals surface area contributed by atoms with Crippen LogP contribution in [0, 0.1) is 0 Å². The fraction of sp³-hybridized carbons (Fsp3) is 0.250. The minimum absolute atomic E-state index is 0.220. The molecule has 0 N–H and O–H groups in total. The predicted octanol–water partition coefficient (Wildman–Crippen LogP) is 1.74. The van der Waals surface area contributed by atoms with Gasteiger partial charge in [-0.05, 0) is 0 Å². The van der Waals surface area contributed by atoms with Gasteiger partial charge in [0.2, 0.25) is 0 Å². The van der Waals surface area contributed by atoms with Gasteiger partial charge >= 0.3 is 136 Å². The first-order valence-corrected chi connectivity index (χ1v) is 8.31. The third-order valence-electron chi connectivity index (χ3n) is 2.17. The monoisotopic (exact) mass is 484 g/mol. The summed E-state index contributed by atoms with van der Waals surface area (Å²) in [5.41, 5.74) is 0.762. The molecule has 0 spiro atoms. The molecule has 0 aromatic heterocycles. The second-order valence-electron chi connectivity index (χ2n) is 3.24. The molecule has 1 aliphatic heterocycles. The van der Waals surface area contributed by atoms with Gasteiger partial charge in [0.25, 0.3) is 0 Å². The molecule has 0 fully saturated rings. The van der Waals surface area contributed by atoms with E-state index in [4.69, 9.17) is 4.74 Å². The number of rotatable bonds is 5. The van der Waals surface area contributed by atoms with Gasteiger partial charge in [-0.1, -0.05) is 0 Å². The standard InChI is InChI=1S/C12H12O5S2.W/c1-5-7(6-15-2)12-18-8(10(13)16-3)9(19-12)11(14)17-4;/h5H,1H2,2-4H3;. The van der Waals surface area contributed by atoms with Crippen LogP contribution in [0.3, 0.4) is 0 Å². The molecule has 0 saturated carbocycles. The van der Waals surface area contributed by atoms with Gasteiger partial charge in [-0.15, -0.1) is 0 Å². The average molecular weight is 484 g/mol. The van der Waals surface area contributed by atoms with Crippen LogP contribution in [0.1, 0.15) is 0 Å². The number of carbonyl (C=O) groups excluding carboxylic acids is 2. The third kappa shape index (κ3) is 3.72. The number of hydrogen-bond acceptors (Lipinski definition) is 7. The van der Waals surface area contributed by atoms with E-state index in [0.717, 1.165) is 56.8 Å². The van der Waals surface area contributed by atoms with Crippen molar-refractivity contribution in [3.63, 3.8) is 0 Å². The molecule has 1 aliphatic rings. The van der Waals surface area contributed by atoms with Gasteiger partial charge in [-0.3, -0.25) is 0 Å². The number of methoxy groups -OCH3 is 3. The maximum atomic E-state index is 11.7. The summed E-state index contributed by atoms with van der Waals surface area (Å²) in [6.45, 7) is 3.73. The number of ether oxygens (including phenoxy) is 3. The van der Waals surface area contributed by atoms with E-state index >= 15 is 0 Å². The molecule has 1 heterocycles. The van der Waals surface area contributed by atoms with Crippen molar-refractivity contribution in [1.82, 2.24) is 0 Å². The fourth-order valence-electron chi connectivity index (χ4n) is 1.22. The molecular formula is C12H12O5S2W. The normalized spacial score (nSPS) is 14.1. The first-order valence-electron chi connectivity index (χ1n) is 5.21. The number of hydrogen-bond donors (Lipinski definition) is 0. The molecule has 0 aromatic rings. The molecular weight excluding hydrogens is 472 g/mol. The quantitative estimate of drug-likeness (QED) is 0.552. The topological polar surface area (TPSA) is 61.8 Å². The van der Waals surface area contributed by atoms with Crippen LogP contribution in [0.15, 0.2) is 32.3 Å². The van der Waals surface area contributed by atoms with Gasteiger partial charge in [-0.25, -0.2) is 0 Å². The Morgan fingerprint density at radius 2 is 1.50 bits per heavy atom. The van der Waals surface area contributed by atoms with Crippen molar-refractivity contribution in [1.29, 1.82) is 0 Å². The Kier molecular flexibility index (Phi) is 6.95. The third-order valence-corrected chi connectivity index (χ3v) is 6.15. The number of esters is 2. The maximum absolute atomic E-state index is 11.7. The van der Waals surface area contributed by atoms with Gasteiger partial charge in [0, 0.05) is 0 Å². The van der Waals surface area contributed by atoms with Crippen LogP contribution in [-0.4, -0.2) is 37.4 Å². The summed E-state index contributed by atoms with van der Waals surface area (Å²) in [6, 6.07) is 0. The molecule has 0 bridgehead atoms. The van der Waals surface area contributed by atoms with Crippen molar-refractivity contribution in [3.05, 3.63) is 32.3 Å². The van der Waals surface area contributed by atoms with Crippen molar-refractivity contribution in [2.75, 3.05) is 21.3 Å². The van der Waals surface area contributed by atoms with E-state index in [-0.39, 0.29) is 9.81 Å². The van der Waals surface area contributed by atoms with Crippen LogP contribution >= 0.6 is 23.5 Å². The fourth-order valence-corrected chi connectivity index (χ4v) is 4.95. The Morgan fingerprint density at radius 1 is 1.05 bits per heavy atom. The molecule has 0 unspecified atom stereocenters. The Labute approximate surface area is 136 Å². The van der Waals surface area contributed by atoms with Crippen LogP contribution in [0.5, 0.6) is 0 Å². The van der Waals surface area contributed by atoms with E-state index in [9.17, 15) is 9.59 Å².